The molecule has 1 atom stereocenters. The summed E-state index contributed by atoms with van der Waals surface area (Å²) in [4.78, 5) is 37.5. The first-order chi connectivity index (χ1) is 14.0. The van der Waals surface area contributed by atoms with Crippen molar-refractivity contribution in [3.05, 3.63) is 18.2 Å². The van der Waals surface area contributed by atoms with Crippen molar-refractivity contribution in [3.63, 3.8) is 0 Å². The molecular formula is C19H26F2N4O5. The molecule has 0 unspecified atom stereocenters. The highest BCUT2D eigenvalue weighted by Gasteiger charge is 2.28. The predicted octanol–water partition coefficient (Wildman–Crippen LogP) is 1.08. The minimum absolute atomic E-state index is 0.101. The minimum atomic E-state index is -3.14. The van der Waals surface area contributed by atoms with E-state index in [4.69, 9.17) is 10.5 Å². The van der Waals surface area contributed by atoms with E-state index < -0.39 is 30.4 Å². The lowest BCUT2D eigenvalue weighted by Crippen LogP contribution is -2.51. The van der Waals surface area contributed by atoms with Gasteiger partial charge in [0.25, 0.3) is 11.8 Å². The van der Waals surface area contributed by atoms with Crippen LogP contribution in [-0.4, -0.2) is 56.7 Å². The smallest absolute Gasteiger partial charge is 0.387 e. The molecule has 1 aliphatic rings. The molecule has 0 radical (unpaired) electrons. The van der Waals surface area contributed by atoms with Crippen LogP contribution in [-0.2, 0) is 19.1 Å². The average molecular weight is 428 g/mol. The van der Waals surface area contributed by atoms with Crippen molar-refractivity contribution in [1.82, 2.24) is 5.32 Å². The van der Waals surface area contributed by atoms with E-state index in [2.05, 4.69) is 15.4 Å². The van der Waals surface area contributed by atoms with Gasteiger partial charge >= 0.3 is 6.61 Å². The first-order valence-electron chi connectivity index (χ1n) is 9.28. The van der Waals surface area contributed by atoms with Crippen molar-refractivity contribution in [1.29, 1.82) is 0 Å². The lowest BCUT2D eigenvalue weighted by atomic mass is 9.96. The van der Waals surface area contributed by atoms with Crippen molar-refractivity contribution in [2.24, 2.45) is 11.1 Å². The molecule has 1 heterocycles. The third-order valence-corrected chi connectivity index (χ3v) is 4.10. The number of rotatable bonds is 8. The first kappa shape index (κ1) is 23.5. The summed E-state index contributed by atoms with van der Waals surface area (Å²) in [6.07, 6.45) is 0. The van der Waals surface area contributed by atoms with Crippen LogP contribution in [0.1, 0.15) is 20.8 Å². The van der Waals surface area contributed by atoms with Crippen molar-refractivity contribution < 1.29 is 32.6 Å². The standard InChI is InChI=1S/C19H26F2N4O5/c1-19(2,3)10-23-15(16(22)27)17(28)24-11-4-5-12(13(8-11)30-18(20)21)25-6-7-29-9-14(25)26/h4-5,8,15,18,23H,6-7,9-10H2,1-3H3,(H2,22,27)(H,24,28)/t15-/m1/s1. The zero-order valence-corrected chi connectivity index (χ0v) is 17.0. The van der Waals surface area contributed by atoms with E-state index in [0.29, 0.717) is 6.54 Å². The number of carbonyl (C=O) groups is 3. The topological polar surface area (TPSA) is 123 Å². The Morgan fingerprint density at radius 1 is 1.33 bits per heavy atom. The molecule has 166 valence electrons. The Morgan fingerprint density at radius 3 is 2.60 bits per heavy atom. The highest BCUT2D eigenvalue weighted by atomic mass is 19.3. The molecule has 1 saturated heterocycles. The van der Waals surface area contributed by atoms with Crippen LogP contribution >= 0.6 is 0 Å². The van der Waals surface area contributed by atoms with Gasteiger partial charge in [-0.15, -0.1) is 0 Å². The van der Waals surface area contributed by atoms with Gasteiger partial charge in [0.05, 0.1) is 12.3 Å². The van der Waals surface area contributed by atoms with E-state index in [1.54, 1.807) is 0 Å². The van der Waals surface area contributed by atoms with E-state index in [9.17, 15) is 23.2 Å². The van der Waals surface area contributed by atoms with E-state index in [1.807, 2.05) is 20.8 Å². The first-order valence-corrected chi connectivity index (χ1v) is 9.28. The number of carbonyl (C=O) groups excluding carboxylic acids is 3. The number of hydrogen-bond acceptors (Lipinski definition) is 6. The fourth-order valence-corrected chi connectivity index (χ4v) is 2.72. The maximum atomic E-state index is 12.9. The molecule has 11 heteroatoms. The Morgan fingerprint density at radius 2 is 2.03 bits per heavy atom. The molecule has 1 fully saturated rings. The van der Waals surface area contributed by atoms with E-state index in [1.165, 1.54) is 17.0 Å². The second-order valence-electron chi connectivity index (χ2n) is 7.93. The molecule has 1 aromatic rings. The normalized spacial score (nSPS) is 15.8. The Balaban J connectivity index is 2.23. The number of anilines is 2. The summed E-state index contributed by atoms with van der Waals surface area (Å²) in [7, 11) is 0. The third-order valence-electron chi connectivity index (χ3n) is 4.10. The number of nitrogens with zero attached hydrogens (tertiary/aromatic N) is 1. The molecule has 1 aromatic carbocycles. The number of alkyl halides is 2. The largest absolute Gasteiger partial charge is 0.433 e. The van der Waals surface area contributed by atoms with Crippen molar-refractivity contribution >= 4 is 29.1 Å². The van der Waals surface area contributed by atoms with Gasteiger partial charge in [0, 0.05) is 24.8 Å². The van der Waals surface area contributed by atoms with Gasteiger partial charge in [0.15, 0.2) is 11.8 Å². The fourth-order valence-electron chi connectivity index (χ4n) is 2.72. The van der Waals surface area contributed by atoms with Gasteiger partial charge in [-0.1, -0.05) is 20.8 Å². The third kappa shape index (κ3) is 6.63. The number of morpholine rings is 1. The number of primary amides is 1. The SMILES string of the molecule is CC(C)(C)CN[C@H](C(N)=O)C(=O)Nc1ccc(N2CCOCC2=O)c(OC(F)F)c1. The molecule has 3 amide bonds. The van der Waals surface area contributed by atoms with Gasteiger partial charge in [-0.05, 0) is 17.5 Å². The highest BCUT2D eigenvalue weighted by Crippen LogP contribution is 2.33. The average Bonchev–Trinajstić information content (AvgIpc) is 2.61. The summed E-state index contributed by atoms with van der Waals surface area (Å²) in [6.45, 7) is 3.18. The molecule has 0 spiro atoms. The monoisotopic (exact) mass is 428 g/mol. The van der Waals surface area contributed by atoms with Crippen LogP contribution in [0.2, 0.25) is 0 Å². The number of nitrogens with one attached hydrogen (secondary N) is 2. The molecule has 4 N–H and O–H groups in total. The van der Waals surface area contributed by atoms with Crippen LogP contribution in [0.3, 0.4) is 0 Å². The van der Waals surface area contributed by atoms with Gasteiger partial charge in [-0.3, -0.25) is 19.7 Å². The number of nitrogens with two attached hydrogens (primary N) is 1. The Hall–Kier alpha value is -2.79. The van der Waals surface area contributed by atoms with Gasteiger partial charge in [0.2, 0.25) is 5.91 Å². The summed E-state index contributed by atoms with van der Waals surface area (Å²) < 4.78 is 35.4. The van der Waals surface area contributed by atoms with Crippen LogP contribution in [0.4, 0.5) is 20.2 Å². The van der Waals surface area contributed by atoms with Crippen molar-refractivity contribution in [2.45, 2.75) is 33.4 Å². The maximum absolute atomic E-state index is 12.9. The molecule has 0 bridgehead atoms. The fraction of sp³-hybridized carbons (Fsp3) is 0.526. The molecule has 0 aliphatic carbocycles. The van der Waals surface area contributed by atoms with Crippen molar-refractivity contribution in [2.75, 3.05) is 36.5 Å². The zero-order valence-electron chi connectivity index (χ0n) is 17.0. The number of halogens is 2. The zero-order chi connectivity index (χ0) is 22.5. The summed E-state index contributed by atoms with van der Waals surface area (Å²) in [5.74, 6) is -2.32. The number of amides is 3. The van der Waals surface area contributed by atoms with Crippen LogP contribution < -0.4 is 26.0 Å². The Labute approximate surface area is 172 Å². The summed E-state index contributed by atoms with van der Waals surface area (Å²) in [6, 6.07) is 2.63. The summed E-state index contributed by atoms with van der Waals surface area (Å²) in [5, 5.41) is 5.25. The second kappa shape index (κ2) is 9.81. The van der Waals surface area contributed by atoms with Gasteiger partial charge in [-0.25, -0.2) is 0 Å². The number of ether oxygens (including phenoxy) is 2. The molecule has 1 aliphatic heterocycles. The Bertz CT molecular complexity index is 798. The Kier molecular flexibility index (Phi) is 7.68. The summed E-state index contributed by atoms with van der Waals surface area (Å²) >= 11 is 0. The van der Waals surface area contributed by atoms with E-state index in [0.717, 1.165) is 6.07 Å². The molecule has 0 saturated carbocycles. The minimum Gasteiger partial charge on any atom is -0.433 e. The second-order valence-corrected chi connectivity index (χ2v) is 7.93. The summed E-state index contributed by atoms with van der Waals surface area (Å²) in [5.41, 5.74) is 5.33. The quantitative estimate of drug-likeness (QED) is 0.533. The van der Waals surface area contributed by atoms with E-state index >= 15 is 0 Å². The highest BCUT2D eigenvalue weighted by molar-refractivity contribution is 6.09. The van der Waals surface area contributed by atoms with Gasteiger partial charge in [-0.2, -0.15) is 8.78 Å². The van der Waals surface area contributed by atoms with Crippen LogP contribution in [0, 0.1) is 5.41 Å². The molecule has 9 nitrogen and oxygen atoms in total. The van der Waals surface area contributed by atoms with Gasteiger partial charge in [0.1, 0.15) is 6.61 Å². The lowest BCUT2D eigenvalue weighted by molar-refractivity contribution is -0.128. The van der Waals surface area contributed by atoms with E-state index in [-0.39, 0.29) is 42.3 Å². The maximum Gasteiger partial charge on any atom is 0.387 e. The number of hydrogen-bond donors (Lipinski definition) is 3. The molecule has 2 rings (SSSR count). The molecular weight excluding hydrogens is 402 g/mol. The predicted molar refractivity (Wildman–Crippen MR) is 105 cm³/mol. The van der Waals surface area contributed by atoms with Gasteiger partial charge < -0.3 is 25.4 Å². The number of benzene rings is 1. The van der Waals surface area contributed by atoms with Crippen LogP contribution in [0.15, 0.2) is 18.2 Å². The van der Waals surface area contributed by atoms with Crippen molar-refractivity contribution in [3.8, 4) is 5.75 Å². The molecule has 0 aromatic heterocycles. The van der Waals surface area contributed by atoms with Crippen LogP contribution in [0.25, 0.3) is 0 Å². The van der Waals surface area contributed by atoms with Crippen LogP contribution in [0.5, 0.6) is 5.75 Å². The lowest BCUT2D eigenvalue weighted by Gasteiger charge is -2.28. The molecule has 30 heavy (non-hydrogen) atoms.